The summed E-state index contributed by atoms with van der Waals surface area (Å²) in [6.07, 6.45) is 24.5. The molecule has 0 rings (SSSR count). The molecule has 0 aliphatic heterocycles. The predicted octanol–water partition coefficient (Wildman–Crippen LogP) is 9.96. The average Bonchev–Trinajstić information content (AvgIpc) is 2.95. The number of ether oxygens (including phenoxy) is 1. The van der Waals surface area contributed by atoms with E-state index in [1.54, 1.807) is 0 Å². The van der Waals surface area contributed by atoms with Gasteiger partial charge in [-0.1, -0.05) is 162 Å². The Morgan fingerprint density at radius 2 is 0.955 bits per heavy atom. The molecular formula is C36H66O8. The van der Waals surface area contributed by atoms with Crippen molar-refractivity contribution in [1.82, 2.24) is 0 Å². The van der Waals surface area contributed by atoms with E-state index < -0.39 is 41.8 Å². The zero-order valence-corrected chi connectivity index (χ0v) is 28.4. The third-order valence-corrected chi connectivity index (χ3v) is 8.69. The molecule has 0 aromatic heterocycles. The maximum absolute atomic E-state index is 12.5. The Morgan fingerprint density at radius 1 is 0.568 bits per heavy atom. The summed E-state index contributed by atoms with van der Waals surface area (Å²) in [5, 5.41) is 29.2. The van der Waals surface area contributed by atoms with Gasteiger partial charge in [0, 0.05) is 6.42 Å². The minimum atomic E-state index is -2.62. The first-order chi connectivity index (χ1) is 21.1. The van der Waals surface area contributed by atoms with E-state index in [1.165, 1.54) is 83.5 Å². The maximum Gasteiger partial charge on any atom is 0.349 e. The van der Waals surface area contributed by atoms with Gasteiger partial charge in [0.1, 0.15) is 5.92 Å². The van der Waals surface area contributed by atoms with Gasteiger partial charge in [0.2, 0.25) is 5.60 Å². The topological polar surface area (TPSA) is 138 Å². The zero-order chi connectivity index (χ0) is 33.1. The number of esters is 1. The lowest BCUT2D eigenvalue weighted by atomic mass is 9.80. The van der Waals surface area contributed by atoms with Crippen molar-refractivity contribution in [3.8, 4) is 0 Å². The van der Waals surface area contributed by atoms with E-state index in [2.05, 4.69) is 20.8 Å². The van der Waals surface area contributed by atoms with E-state index in [0.717, 1.165) is 57.3 Å². The second-order valence-electron chi connectivity index (χ2n) is 13.3. The van der Waals surface area contributed by atoms with Crippen molar-refractivity contribution in [2.24, 2.45) is 11.8 Å². The van der Waals surface area contributed by atoms with Crippen LogP contribution < -0.4 is 0 Å². The van der Waals surface area contributed by atoms with Gasteiger partial charge in [-0.05, 0) is 18.8 Å². The minimum absolute atomic E-state index is 0.0587. The van der Waals surface area contributed by atoms with E-state index in [0.29, 0.717) is 12.8 Å². The summed E-state index contributed by atoms with van der Waals surface area (Å²) in [6, 6.07) is 0. The summed E-state index contributed by atoms with van der Waals surface area (Å²) in [5.74, 6) is -6.36. The van der Waals surface area contributed by atoms with Gasteiger partial charge in [0.25, 0.3) is 0 Å². The molecule has 0 radical (unpaired) electrons. The van der Waals surface area contributed by atoms with Crippen LogP contribution in [0.2, 0.25) is 0 Å². The van der Waals surface area contributed by atoms with Crippen molar-refractivity contribution in [3.63, 3.8) is 0 Å². The van der Waals surface area contributed by atoms with Crippen molar-refractivity contribution < 1.29 is 39.2 Å². The molecule has 0 amide bonds. The average molecular weight is 627 g/mol. The van der Waals surface area contributed by atoms with Crippen LogP contribution in [0.3, 0.4) is 0 Å². The highest BCUT2D eigenvalue weighted by Crippen LogP contribution is 2.33. The Bertz CT molecular complexity index is 765. The summed E-state index contributed by atoms with van der Waals surface area (Å²) in [6.45, 7) is 6.66. The molecule has 0 bridgehead atoms. The summed E-state index contributed by atoms with van der Waals surface area (Å²) in [5.41, 5.74) is -2.62. The molecule has 2 unspecified atom stereocenters. The molecule has 0 fully saturated rings. The molecule has 44 heavy (non-hydrogen) atoms. The molecule has 0 aliphatic rings. The Morgan fingerprint density at radius 3 is 1.32 bits per heavy atom. The first kappa shape index (κ1) is 41.9. The molecule has 0 aromatic rings. The Hall–Kier alpha value is -2.12. The molecule has 0 saturated carbocycles. The van der Waals surface area contributed by atoms with Gasteiger partial charge in [-0.2, -0.15) is 0 Å². The summed E-state index contributed by atoms with van der Waals surface area (Å²) >= 11 is 0. The second-order valence-corrected chi connectivity index (χ2v) is 13.3. The predicted molar refractivity (Wildman–Crippen MR) is 176 cm³/mol. The third kappa shape index (κ3) is 21.6. The van der Waals surface area contributed by atoms with Crippen LogP contribution in [-0.4, -0.2) is 44.8 Å². The van der Waals surface area contributed by atoms with Gasteiger partial charge < -0.3 is 20.1 Å². The number of hydrogen-bond donors (Lipinski definition) is 3. The summed E-state index contributed by atoms with van der Waals surface area (Å²) < 4.78 is 5.23. The van der Waals surface area contributed by atoms with E-state index in [4.69, 9.17) is 4.74 Å². The first-order valence-corrected chi connectivity index (χ1v) is 18.0. The molecule has 8 heteroatoms. The maximum atomic E-state index is 12.5. The SMILES string of the molecule is CCCCCCCC(=O)OC(CC(=O)O)(C(=O)O)C(CCCCCCCCCCCCCCCCCCCC(C)C)C(=O)O. The van der Waals surface area contributed by atoms with Crippen LogP contribution >= 0.6 is 0 Å². The Balaban J connectivity index is 4.28. The van der Waals surface area contributed by atoms with Crippen molar-refractivity contribution in [2.75, 3.05) is 0 Å². The fraction of sp³-hybridized carbons (Fsp3) is 0.889. The number of unbranched alkanes of at least 4 members (excludes halogenated alkanes) is 20. The van der Waals surface area contributed by atoms with Crippen LogP contribution in [0.25, 0.3) is 0 Å². The van der Waals surface area contributed by atoms with Crippen molar-refractivity contribution >= 4 is 23.9 Å². The van der Waals surface area contributed by atoms with Crippen LogP contribution in [0.15, 0.2) is 0 Å². The van der Waals surface area contributed by atoms with Crippen LogP contribution in [-0.2, 0) is 23.9 Å². The van der Waals surface area contributed by atoms with Crippen LogP contribution in [0.4, 0.5) is 0 Å². The lowest BCUT2D eigenvalue weighted by Crippen LogP contribution is -2.54. The fourth-order valence-electron chi connectivity index (χ4n) is 5.96. The van der Waals surface area contributed by atoms with Crippen molar-refractivity contribution in [3.05, 3.63) is 0 Å². The van der Waals surface area contributed by atoms with E-state index in [-0.39, 0.29) is 12.8 Å². The minimum Gasteiger partial charge on any atom is -0.481 e. The van der Waals surface area contributed by atoms with E-state index >= 15 is 0 Å². The molecule has 2 atom stereocenters. The normalized spacial score (nSPS) is 13.5. The van der Waals surface area contributed by atoms with E-state index in [9.17, 15) is 34.5 Å². The lowest BCUT2D eigenvalue weighted by molar-refractivity contribution is -0.195. The van der Waals surface area contributed by atoms with E-state index in [1.807, 2.05) is 0 Å². The first-order valence-electron chi connectivity index (χ1n) is 18.0. The highest BCUT2D eigenvalue weighted by molar-refractivity contribution is 5.92. The second kappa shape index (κ2) is 27.2. The quantitative estimate of drug-likeness (QED) is 0.0495. The summed E-state index contributed by atoms with van der Waals surface area (Å²) in [4.78, 5) is 48.5. The van der Waals surface area contributed by atoms with Gasteiger partial charge in [0.05, 0.1) is 6.42 Å². The molecule has 258 valence electrons. The fourth-order valence-corrected chi connectivity index (χ4v) is 5.96. The highest BCUT2D eigenvalue weighted by Gasteiger charge is 2.54. The highest BCUT2D eigenvalue weighted by atomic mass is 16.6. The number of carboxylic acid groups (broad SMARTS) is 3. The number of carbonyl (C=O) groups excluding carboxylic acids is 1. The summed E-state index contributed by atoms with van der Waals surface area (Å²) in [7, 11) is 0. The molecule has 0 spiro atoms. The van der Waals surface area contributed by atoms with Crippen molar-refractivity contribution in [2.45, 2.75) is 193 Å². The van der Waals surface area contributed by atoms with Gasteiger partial charge in [-0.25, -0.2) is 4.79 Å². The molecular weight excluding hydrogens is 560 g/mol. The number of hydrogen-bond acceptors (Lipinski definition) is 5. The lowest BCUT2D eigenvalue weighted by Gasteiger charge is -2.33. The molecule has 8 nitrogen and oxygen atoms in total. The van der Waals surface area contributed by atoms with Crippen LogP contribution in [0.1, 0.15) is 188 Å². The van der Waals surface area contributed by atoms with Crippen LogP contribution in [0.5, 0.6) is 0 Å². The molecule has 3 N–H and O–H groups in total. The zero-order valence-electron chi connectivity index (χ0n) is 28.4. The van der Waals surface area contributed by atoms with Gasteiger partial charge in [-0.15, -0.1) is 0 Å². The molecule has 0 saturated heterocycles. The Kier molecular flexibility index (Phi) is 25.9. The number of rotatable bonds is 32. The van der Waals surface area contributed by atoms with Gasteiger partial charge in [-0.3, -0.25) is 14.4 Å². The number of carboxylic acids is 3. The number of aliphatic carboxylic acids is 3. The van der Waals surface area contributed by atoms with Crippen LogP contribution in [0, 0.1) is 11.8 Å². The van der Waals surface area contributed by atoms with Gasteiger partial charge >= 0.3 is 23.9 Å². The Labute approximate surface area is 268 Å². The smallest absolute Gasteiger partial charge is 0.349 e. The van der Waals surface area contributed by atoms with Gasteiger partial charge in [0.15, 0.2) is 0 Å². The number of carbonyl (C=O) groups is 4. The molecule has 0 aliphatic carbocycles. The monoisotopic (exact) mass is 626 g/mol. The largest absolute Gasteiger partial charge is 0.481 e. The van der Waals surface area contributed by atoms with Crippen molar-refractivity contribution in [1.29, 1.82) is 0 Å². The third-order valence-electron chi connectivity index (χ3n) is 8.69. The standard InChI is InChI=1S/C36H66O8/c1-4-5-6-20-25-28-33(39)44-36(35(42)43,29-32(37)38)31(34(40)41)27-24-22-19-17-15-13-11-9-7-8-10-12-14-16-18-21-23-26-30(2)3/h30-31H,4-29H2,1-3H3,(H,37,38)(H,40,41)(H,42,43). The molecule has 0 aromatic carbocycles. The molecule has 0 heterocycles.